The highest BCUT2D eigenvalue weighted by Gasteiger charge is 2.38. The largest absolute Gasteiger partial charge is 0.330 e. The van der Waals surface area contributed by atoms with Crippen LogP contribution in [0.25, 0.3) is 0 Å². The van der Waals surface area contributed by atoms with Gasteiger partial charge >= 0.3 is 0 Å². The van der Waals surface area contributed by atoms with E-state index in [2.05, 4.69) is 0 Å². The Morgan fingerprint density at radius 1 is 1.33 bits per heavy atom. The predicted octanol–water partition coefficient (Wildman–Crippen LogP) is 2.92. The summed E-state index contributed by atoms with van der Waals surface area (Å²) in [5.74, 6) is -0.174. The van der Waals surface area contributed by atoms with Crippen LogP contribution in [-0.4, -0.2) is 32.4 Å². The summed E-state index contributed by atoms with van der Waals surface area (Å²) in [6.45, 7) is 3.43. The molecule has 0 saturated carbocycles. The Morgan fingerprint density at radius 3 is 2.38 bits per heavy atom. The maximum absolute atomic E-state index is 12.5. The summed E-state index contributed by atoms with van der Waals surface area (Å²) in [5.41, 5.74) is 6.02. The van der Waals surface area contributed by atoms with Gasteiger partial charge < -0.3 is 5.73 Å². The van der Waals surface area contributed by atoms with Crippen LogP contribution in [0.4, 0.5) is 0 Å². The number of hydrogen-bond donors (Lipinski definition) is 1. The van der Waals surface area contributed by atoms with E-state index >= 15 is 0 Å². The summed E-state index contributed by atoms with van der Waals surface area (Å²) in [6, 6.07) is 4.99. The SMILES string of the molecule is CC1(CN)CCN(S(=O)(=O)Cc2c(Cl)cccc2Cl)C1.Cl. The van der Waals surface area contributed by atoms with Crippen molar-refractivity contribution in [3.63, 3.8) is 0 Å². The third-order valence-corrected chi connectivity index (χ3v) is 6.26. The fourth-order valence-corrected chi connectivity index (χ4v) is 4.75. The standard InChI is InChI=1S/C13H18Cl2N2O2S.ClH/c1-13(8-16)5-6-17(9-13)20(18,19)7-10-11(14)3-2-4-12(10)15;/h2-4H,5-9,16H2,1H3;1H. The van der Waals surface area contributed by atoms with Crippen LogP contribution in [0.15, 0.2) is 18.2 Å². The first-order chi connectivity index (χ1) is 9.27. The number of benzene rings is 1. The zero-order chi connectivity index (χ0) is 15.0. The van der Waals surface area contributed by atoms with E-state index in [1.54, 1.807) is 18.2 Å². The van der Waals surface area contributed by atoms with Gasteiger partial charge in [-0.25, -0.2) is 12.7 Å². The van der Waals surface area contributed by atoms with Gasteiger partial charge in [-0.15, -0.1) is 12.4 Å². The van der Waals surface area contributed by atoms with E-state index in [0.717, 1.165) is 6.42 Å². The maximum atomic E-state index is 12.5. The first-order valence-corrected chi connectivity index (χ1v) is 8.75. The smallest absolute Gasteiger partial charge is 0.218 e. The van der Waals surface area contributed by atoms with Gasteiger partial charge in [-0.1, -0.05) is 36.2 Å². The summed E-state index contributed by atoms with van der Waals surface area (Å²) < 4.78 is 26.4. The molecule has 8 heteroatoms. The molecule has 1 fully saturated rings. The predicted molar refractivity (Wildman–Crippen MR) is 89.7 cm³/mol. The van der Waals surface area contributed by atoms with Gasteiger partial charge in [0.1, 0.15) is 0 Å². The summed E-state index contributed by atoms with van der Waals surface area (Å²) in [4.78, 5) is 0. The van der Waals surface area contributed by atoms with Crippen molar-refractivity contribution < 1.29 is 8.42 Å². The van der Waals surface area contributed by atoms with Gasteiger partial charge in [0.05, 0.1) is 5.75 Å². The second kappa shape index (κ2) is 7.02. The first kappa shape index (κ1) is 19.0. The Bertz CT molecular complexity index is 589. The Labute approximate surface area is 142 Å². The summed E-state index contributed by atoms with van der Waals surface area (Å²) in [7, 11) is -3.43. The molecule has 0 spiro atoms. The van der Waals surface area contributed by atoms with E-state index < -0.39 is 10.0 Å². The lowest BCUT2D eigenvalue weighted by molar-refractivity contribution is 0.349. The van der Waals surface area contributed by atoms with Crippen molar-refractivity contribution in [2.75, 3.05) is 19.6 Å². The van der Waals surface area contributed by atoms with Crippen molar-refractivity contribution >= 4 is 45.6 Å². The Morgan fingerprint density at radius 2 is 1.90 bits per heavy atom. The van der Waals surface area contributed by atoms with E-state index in [4.69, 9.17) is 28.9 Å². The maximum Gasteiger partial charge on any atom is 0.218 e. The molecule has 1 aromatic carbocycles. The van der Waals surface area contributed by atoms with Gasteiger partial charge in [0.25, 0.3) is 0 Å². The van der Waals surface area contributed by atoms with Gasteiger partial charge in [0, 0.05) is 28.7 Å². The molecule has 21 heavy (non-hydrogen) atoms. The molecule has 1 aliphatic rings. The van der Waals surface area contributed by atoms with E-state index in [1.165, 1.54) is 4.31 Å². The molecule has 0 amide bonds. The van der Waals surface area contributed by atoms with Crippen molar-refractivity contribution in [2.45, 2.75) is 19.1 Å². The van der Waals surface area contributed by atoms with Crippen molar-refractivity contribution in [3.05, 3.63) is 33.8 Å². The van der Waals surface area contributed by atoms with E-state index in [1.807, 2.05) is 6.92 Å². The van der Waals surface area contributed by atoms with Gasteiger partial charge in [-0.05, 0) is 30.5 Å². The summed E-state index contributed by atoms with van der Waals surface area (Å²) in [6.07, 6.45) is 0.777. The lowest BCUT2D eigenvalue weighted by Crippen LogP contribution is -2.35. The number of sulfonamides is 1. The van der Waals surface area contributed by atoms with Crippen LogP contribution in [0, 0.1) is 5.41 Å². The van der Waals surface area contributed by atoms with Crippen LogP contribution in [-0.2, 0) is 15.8 Å². The molecule has 1 aliphatic heterocycles. The molecule has 2 N–H and O–H groups in total. The molecule has 2 rings (SSSR count). The molecule has 0 bridgehead atoms. The molecule has 1 atom stereocenters. The number of rotatable bonds is 4. The van der Waals surface area contributed by atoms with E-state index in [0.29, 0.717) is 35.2 Å². The Balaban J connectivity index is 0.00000220. The van der Waals surface area contributed by atoms with E-state index in [-0.39, 0.29) is 23.6 Å². The van der Waals surface area contributed by atoms with Crippen molar-refractivity contribution in [1.82, 2.24) is 4.31 Å². The molecule has 1 saturated heterocycles. The monoisotopic (exact) mass is 372 g/mol. The highest BCUT2D eigenvalue weighted by Crippen LogP contribution is 2.33. The zero-order valence-electron chi connectivity index (χ0n) is 11.7. The third kappa shape index (κ3) is 4.24. The van der Waals surface area contributed by atoms with Gasteiger partial charge in [0.2, 0.25) is 10.0 Å². The third-order valence-electron chi connectivity index (χ3n) is 3.80. The molecule has 1 heterocycles. The molecule has 1 aromatic rings. The van der Waals surface area contributed by atoms with Gasteiger partial charge in [-0.3, -0.25) is 0 Å². The quantitative estimate of drug-likeness (QED) is 0.882. The lowest BCUT2D eigenvalue weighted by Gasteiger charge is -2.22. The molecule has 0 aliphatic carbocycles. The minimum atomic E-state index is -3.43. The minimum absolute atomic E-state index is 0. The Kier molecular flexibility index (Phi) is 6.36. The highest BCUT2D eigenvalue weighted by molar-refractivity contribution is 7.88. The second-order valence-corrected chi connectivity index (χ2v) is 8.34. The number of halogens is 3. The second-order valence-electron chi connectivity index (χ2n) is 5.55. The number of nitrogens with zero attached hydrogens (tertiary/aromatic N) is 1. The number of nitrogens with two attached hydrogens (primary N) is 1. The van der Waals surface area contributed by atoms with Gasteiger partial charge in [0.15, 0.2) is 0 Å². The average Bonchev–Trinajstić information content (AvgIpc) is 2.79. The summed E-state index contributed by atoms with van der Waals surface area (Å²) in [5, 5.41) is 0.753. The fourth-order valence-electron chi connectivity index (χ4n) is 2.33. The van der Waals surface area contributed by atoms with Crippen LogP contribution in [0.1, 0.15) is 18.9 Å². The minimum Gasteiger partial charge on any atom is -0.330 e. The highest BCUT2D eigenvalue weighted by atomic mass is 35.5. The Hall–Kier alpha value is -0.0400. The van der Waals surface area contributed by atoms with Crippen molar-refractivity contribution in [3.8, 4) is 0 Å². The van der Waals surface area contributed by atoms with Crippen molar-refractivity contribution in [2.24, 2.45) is 11.1 Å². The molecule has 4 nitrogen and oxygen atoms in total. The molecular formula is C13H19Cl3N2O2S. The normalized spacial score (nSPS) is 23.0. The van der Waals surface area contributed by atoms with Crippen LogP contribution < -0.4 is 5.73 Å². The van der Waals surface area contributed by atoms with Crippen molar-refractivity contribution in [1.29, 1.82) is 0 Å². The fraction of sp³-hybridized carbons (Fsp3) is 0.538. The van der Waals surface area contributed by atoms with Gasteiger partial charge in [-0.2, -0.15) is 0 Å². The molecule has 120 valence electrons. The topological polar surface area (TPSA) is 63.4 Å². The summed E-state index contributed by atoms with van der Waals surface area (Å²) >= 11 is 12.1. The molecule has 0 aromatic heterocycles. The van der Waals surface area contributed by atoms with Crippen LogP contribution in [0.3, 0.4) is 0 Å². The van der Waals surface area contributed by atoms with Crippen LogP contribution >= 0.6 is 35.6 Å². The first-order valence-electron chi connectivity index (χ1n) is 6.38. The number of hydrogen-bond acceptors (Lipinski definition) is 3. The lowest BCUT2D eigenvalue weighted by atomic mass is 9.90. The molecular weight excluding hydrogens is 355 g/mol. The van der Waals surface area contributed by atoms with E-state index in [9.17, 15) is 8.42 Å². The molecule has 1 unspecified atom stereocenters. The zero-order valence-corrected chi connectivity index (χ0v) is 14.8. The average molecular weight is 374 g/mol. The van der Waals surface area contributed by atoms with Crippen LogP contribution in [0.2, 0.25) is 10.0 Å². The molecule has 0 radical (unpaired) electrons. The van der Waals surface area contributed by atoms with Crippen LogP contribution in [0.5, 0.6) is 0 Å².